The molecule has 1 heterocycles. The normalized spacial score (nSPS) is 17.0. The molecule has 0 spiro atoms. The summed E-state index contributed by atoms with van der Waals surface area (Å²) in [5.41, 5.74) is 6.46. The molecule has 26 heavy (non-hydrogen) atoms. The molecular weight excluding hydrogens is 356 g/mol. The molecule has 1 saturated carbocycles. The summed E-state index contributed by atoms with van der Waals surface area (Å²) in [6.07, 6.45) is 7.14. The van der Waals surface area contributed by atoms with Crippen LogP contribution in [0.2, 0.25) is 0 Å². The third kappa shape index (κ3) is 3.64. The average molecular weight is 378 g/mol. The minimum atomic E-state index is -3.64. The van der Waals surface area contributed by atoms with Gasteiger partial charge in [-0.3, -0.25) is 0 Å². The van der Waals surface area contributed by atoms with Gasteiger partial charge < -0.3 is 15.0 Å². The van der Waals surface area contributed by atoms with Gasteiger partial charge in [-0.05, 0) is 43.7 Å². The molecule has 1 fully saturated rings. The van der Waals surface area contributed by atoms with E-state index in [2.05, 4.69) is 14.9 Å². The van der Waals surface area contributed by atoms with Gasteiger partial charge >= 0.3 is 0 Å². The first-order valence-corrected chi connectivity index (χ1v) is 9.79. The Morgan fingerprint density at radius 2 is 2.04 bits per heavy atom. The molecule has 0 bridgehead atoms. The Morgan fingerprint density at radius 3 is 2.69 bits per heavy atom. The van der Waals surface area contributed by atoms with Gasteiger partial charge in [0.15, 0.2) is 5.82 Å². The molecule has 8 nitrogen and oxygen atoms in total. The van der Waals surface area contributed by atoms with Crippen LogP contribution in [-0.2, 0) is 15.6 Å². The van der Waals surface area contributed by atoms with Crippen molar-refractivity contribution < 1.29 is 17.7 Å². The van der Waals surface area contributed by atoms with Crippen LogP contribution in [0.1, 0.15) is 43.0 Å². The third-order valence-corrected chi connectivity index (χ3v) is 5.98. The number of aromatic nitrogens is 2. The van der Waals surface area contributed by atoms with Crippen molar-refractivity contribution in [3.05, 3.63) is 35.5 Å². The summed E-state index contributed by atoms with van der Waals surface area (Å²) in [5.74, 6) is 1.11. The van der Waals surface area contributed by atoms with Gasteiger partial charge in [-0.1, -0.05) is 24.1 Å². The minimum Gasteiger partial charge on any atom is -0.495 e. The lowest BCUT2D eigenvalue weighted by Gasteiger charge is -2.17. The van der Waals surface area contributed by atoms with E-state index in [4.69, 9.17) is 15.0 Å². The monoisotopic (exact) mass is 378 g/mol. The maximum absolute atomic E-state index is 12.1. The lowest BCUT2D eigenvalue weighted by Crippen LogP contribution is -2.34. The predicted octanol–water partition coefficient (Wildman–Crippen LogP) is 1.88. The Kier molecular flexibility index (Phi) is 5.12. The van der Waals surface area contributed by atoms with Crippen LogP contribution >= 0.6 is 0 Å². The van der Waals surface area contributed by atoms with Crippen molar-refractivity contribution in [2.45, 2.75) is 36.1 Å². The topological polar surface area (TPSA) is 120 Å². The second-order valence-corrected chi connectivity index (χ2v) is 8.13. The van der Waals surface area contributed by atoms with Crippen LogP contribution in [0.25, 0.3) is 12.2 Å². The molecule has 9 heteroatoms. The van der Waals surface area contributed by atoms with Crippen molar-refractivity contribution in [3.63, 3.8) is 0 Å². The van der Waals surface area contributed by atoms with Crippen LogP contribution in [0.5, 0.6) is 5.75 Å². The van der Waals surface area contributed by atoms with E-state index in [0.717, 1.165) is 25.7 Å². The number of hydrogen-bond donors (Lipinski definition) is 2. The molecule has 140 valence electrons. The summed E-state index contributed by atoms with van der Waals surface area (Å²) in [5, 5.41) is 3.99. The summed E-state index contributed by atoms with van der Waals surface area (Å²) in [7, 11) is -0.866. The van der Waals surface area contributed by atoms with E-state index in [9.17, 15) is 8.42 Å². The fourth-order valence-corrected chi connectivity index (χ4v) is 3.95. The zero-order chi connectivity index (χ0) is 18.8. The summed E-state index contributed by atoms with van der Waals surface area (Å²) in [6.45, 7) is 0. The van der Waals surface area contributed by atoms with Gasteiger partial charge in [-0.2, -0.15) is 4.98 Å². The van der Waals surface area contributed by atoms with Crippen LogP contribution in [0, 0.1) is 0 Å². The number of nitrogens with one attached hydrogen (secondary N) is 1. The number of rotatable bonds is 6. The van der Waals surface area contributed by atoms with E-state index in [-0.39, 0.29) is 10.6 Å². The van der Waals surface area contributed by atoms with E-state index in [1.165, 1.54) is 20.2 Å². The lowest BCUT2D eigenvalue weighted by molar-refractivity contribution is 0.364. The second-order valence-electron chi connectivity index (χ2n) is 6.27. The standard InChI is InChI=1S/C17H22N4O4S/c1-19-26(22,23)14-11-12(5-7-13(14)24-2)6-8-15-20-16(21-25-15)17(18)9-3-4-10-17/h5-8,11,19H,3-4,9-10,18H2,1-2H3/b8-6+. The van der Waals surface area contributed by atoms with Crippen LogP contribution in [0.3, 0.4) is 0 Å². The number of ether oxygens (including phenoxy) is 1. The van der Waals surface area contributed by atoms with E-state index >= 15 is 0 Å². The van der Waals surface area contributed by atoms with Crippen molar-refractivity contribution in [2.24, 2.45) is 5.73 Å². The number of benzene rings is 1. The number of nitrogens with zero attached hydrogens (tertiary/aromatic N) is 2. The first kappa shape index (κ1) is 18.6. The number of methoxy groups -OCH3 is 1. The zero-order valence-electron chi connectivity index (χ0n) is 14.7. The van der Waals surface area contributed by atoms with Gasteiger partial charge in [-0.25, -0.2) is 13.1 Å². The Hall–Kier alpha value is -2.23. The molecule has 0 unspecified atom stereocenters. The quantitative estimate of drug-likeness (QED) is 0.787. The molecule has 1 aromatic carbocycles. The van der Waals surface area contributed by atoms with Crippen molar-refractivity contribution in [2.75, 3.05) is 14.2 Å². The maximum atomic E-state index is 12.1. The maximum Gasteiger partial charge on any atom is 0.250 e. The second kappa shape index (κ2) is 7.18. The van der Waals surface area contributed by atoms with Crippen LogP contribution < -0.4 is 15.2 Å². The zero-order valence-corrected chi connectivity index (χ0v) is 15.5. The smallest absolute Gasteiger partial charge is 0.250 e. The van der Waals surface area contributed by atoms with Crippen molar-refractivity contribution in [1.82, 2.24) is 14.9 Å². The van der Waals surface area contributed by atoms with Crippen molar-refractivity contribution in [3.8, 4) is 5.75 Å². The van der Waals surface area contributed by atoms with Crippen LogP contribution in [0.4, 0.5) is 0 Å². The van der Waals surface area contributed by atoms with Gasteiger partial charge in [0, 0.05) is 6.08 Å². The van der Waals surface area contributed by atoms with E-state index in [1.807, 2.05) is 0 Å². The van der Waals surface area contributed by atoms with Crippen LogP contribution in [-0.4, -0.2) is 32.7 Å². The predicted molar refractivity (Wildman–Crippen MR) is 96.8 cm³/mol. The molecule has 0 amide bonds. The molecule has 3 rings (SSSR count). The number of nitrogens with two attached hydrogens (primary N) is 1. The molecule has 0 aliphatic heterocycles. The lowest BCUT2D eigenvalue weighted by atomic mass is 9.99. The van der Waals surface area contributed by atoms with Gasteiger partial charge in [0.1, 0.15) is 10.6 Å². The first-order chi connectivity index (χ1) is 12.4. The highest BCUT2D eigenvalue weighted by molar-refractivity contribution is 7.89. The van der Waals surface area contributed by atoms with Crippen LogP contribution in [0.15, 0.2) is 27.6 Å². The molecule has 0 saturated heterocycles. The van der Waals surface area contributed by atoms with E-state index in [1.54, 1.807) is 24.3 Å². The van der Waals surface area contributed by atoms with Gasteiger partial charge in [0.25, 0.3) is 5.89 Å². The highest BCUT2D eigenvalue weighted by atomic mass is 32.2. The average Bonchev–Trinajstić information content (AvgIpc) is 3.30. The number of hydrogen-bond acceptors (Lipinski definition) is 7. The Morgan fingerprint density at radius 1 is 1.31 bits per heavy atom. The molecule has 1 aliphatic carbocycles. The molecule has 2 aromatic rings. The Labute approximate surface area is 152 Å². The summed E-state index contributed by atoms with van der Waals surface area (Å²) < 4.78 is 36.9. The largest absolute Gasteiger partial charge is 0.495 e. The molecule has 3 N–H and O–H groups in total. The third-order valence-electron chi connectivity index (χ3n) is 4.55. The van der Waals surface area contributed by atoms with E-state index < -0.39 is 15.6 Å². The fourth-order valence-electron chi connectivity index (χ4n) is 3.02. The van der Waals surface area contributed by atoms with E-state index in [0.29, 0.717) is 17.3 Å². The highest BCUT2D eigenvalue weighted by Crippen LogP contribution is 2.34. The molecule has 1 aliphatic rings. The van der Waals surface area contributed by atoms with Gasteiger partial charge in [0.2, 0.25) is 10.0 Å². The summed E-state index contributed by atoms with van der Waals surface area (Å²) in [4.78, 5) is 4.41. The minimum absolute atomic E-state index is 0.0581. The first-order valence-electron chi connectivity index (χ1n) is 8.31. The van der Waals surface area contributed by atoms with Crippen molar-refractivity contribution in [1.29, 1.82) is 0 Å². The SMILES string of the molecule is CNS(=O)(=O)c1cc(/C=C/c2nc(C3(N)CCCC3)no2)ccc1OC. The molecular formula is C17H22N4O4S. The Bertz CT molecular complexity index is 915. The fraction of sp³-hybridized carbons (Fsp3) is 0.412. The molecule has 1 aromatic heterocycles. The molecule has 0 atom stereocenters. The van der Waals surface area contributed by atoms with Gasteiger partial charge in [-0.15, -0.1) is 0 Å². The highest BCUT2D eigenvalue weighted by Gasteiger charge is 2.35. The summed E-state index contributed by atoms with van der Waals surface area (Å²) in [6, 6.07) is 4.85. The number of sulfonamides is 1. The summed E-state index contributed by atoms with van der Waals surface area (Å²) >= 11 is 0. The van der Waals surface area contributed by atoms with Crippen molar-refractivity contribution >= 4 is 22.2 Å². The van der Waals surface area contributed by atoms with Gasteiger partial charge in [0.05, 0.1) is 12.6 Å². The molecule has 0 radical (unpaired) electrons. The Balaban J connectivity index is 1.85.